The van der Waals surface area contributed by atoms with Crippen molar-refractivity contribution in [2.24, 2.45) is 0 Å². The summed E-state index contributed by atoms with van der Waals surface area (Å²) >= 11 is 3.18. The van der Waals surface area contributed by atoms with E-state index in [1.165, 1.54) is 0 Å². The molecule has 0 N–H and O–H groups in total. The molecule has 3 nitrogen and oxygen atoms in total. The van der Waals surface area contributed by atoms with Gasteiger partial charge in [0.05, 0.1) is 18.7 Å². The van der Waals surface area contributed by atoms with E-state index in [4.69, 9.17) is 4.74 Å². The quantitative estimate of drug-likeness (QED) is 0.802. The van der Waals surface area contributed by atoms with Crippen LogP contribution >= 0.6 is 15.9 Å². The number of hydrogen-bond acceptors (Lipinski definition) is 3. The van der Waals surface area contributed by atoms with Gasteiger partial charge in [0.2, 0.25) is 0 Å². The minimum atomic E-state index is -2.66. The molecule has 1 heterocycles. The van der Waals surface area contributed by atoms with Crippen LogP contribution in [0.3, 0.4) is 0 Å². The highest BCUT2D eigenvalue weighted by Gasteiger charge is 2.20. The van der Waals surface area contributed by atoms with Crippen molar-refractivity contribution in [3.63, 3.8) is 0 Å². The summed E-state index contributed by atoms with van der Waals surface area (Å²) in [4.78, 5) is 15.2. The van der Waals surface area contributed by atoms with Gasteiger partial charge in [0.15, 0.2) is 0 Å². The maximum atomic E-state index is 12.8. The van der Waals surface area contributed by atoms with Crippen molar-refractivity contribution in [1.82, 2.24) is 4.98 Å². The number of pyridine rings is 1. The fourth-order valence-electron chi connectivity index (χ4n) is 1.37. The Labute approximate surface area is 106 Å². The maximum Gasteiger partial charge on any atom is 0.310 e. The molecule has 0 amide bonds. The number of aromatic nitrogens is 1. The van der Waals surface area contributed by atoms with Crippen LogP contribution in [0.15, 0.2) is 10.7 Å². The first-order chi connectivity index (χ1) is 7.97. The van der Waals surface area contributed by atoms with Crippen LogP contribution in [-0.4, -0.2) is 17.6 Å². The van der Waals surface area contributed by atoms with Crippen molar-refractivity contribution in [1.29, 1.82) is 0 Å². The van der Waals surface area contributed by atoms with Crippen molar-refractivity contribution in [2.45, 2.75) is 26.7 Å². The first kappa shape index (κ1) is 14.0. The van der Waals surface area contributed by atoms with Gasteiger partial charge in [-0.2, -0.15) is 0 Å². The van der Waals surface area contributed by atoms with Gasteiger partial charge in [-0.25, -0.2) is 8.78 Å². The van der Waals surface area contributed by atoms with E-state index in [2.05, 4.69) is 20.9 Å². The summed E-state index contributed by atoms with van der Waals surface area (Å²) in [5.74, 6) is -0.527. The Morgan fingerprint density at radius 1 is 1.59 bits per heavy atom. The van der Waals surface area contributed by atoms with Gasteiger partial charge in [-0.3, -0.25) is 9.78 Å². The topological polar surface area (TPSA) is 39.2 Å². The molecule has 0 fully saturated rings. The van der Waals surface area contributed by atoms with E-state index in [1.54, 1.807) is 13.8 Å². The molecule has 0 aliphatic rings. The minimum absolute atomic E-state index is 0.183. The van der Waals surface area contributed by atoms with Crippen LogP contribution in [0.2, 0.25) is 0 Å². The molecular formula is C11H12BrF2NO2. The van der Waals surface area contributed by atoms with Gasteiger partial charge in [0, 0.05) is 16.2 Å². The molecule has 1 rings (SSSR count). The Morgan fingerprint density at radius 3 is 2.76 bits per heavy atom. The van der Waals surface area contributed by atoms with E-state index >= 15 is 0 Å². The zero-order valence-electron chi connectivity index (χ0n) is 9.47. The Hall–Kier alpha value is -1.04. The number of rotatable bonds is 4. The van der Waals surface area contributed by atoms with Gasteiger partial charge in [-0.1, -0.05) is 0 Å². The summed E-state index contributed by atoms with van der Waals surface area (Å²) in [7, 11) is 0. The zero-order chi connectivity index (χ0) is 13.0. The van der Waals surface area contributed by atoms with Crippen LogP contribution in [-0.2, 0) is 16.0 Å². The summed E-state index contributed by atoms with van der Waals surface area (Å²) in [6.07, 6.45) is -1.75. The Balaban J connectivity index is 3.10. The summed E-state index contributed by atoms with van der Waals surface area (Å²) < 4.78 is 30.7. The third-order valence-corrected chi connectivity index (χ3v) is 3.24. The molecule has 94 valence electrons. The van der Waals surface area contributed by atoms with Crippen molar-refractivity contribution in [2.75, 3.05) is 6.61 Å². The maximum absolute atomic E-state index is 12.8. The zero-order valence-corrected chi connectivity index (χ0v) is 11.1. The van der Waals surface area contributed by atoms with E-state index in [-0.39, 0.29) is 24.2 Å². The summed E-state index contributed by atoms with van der Waals surface area (Å²) in [5.41, 5.74) is 0.565. The van der Waals surface area contributed by atoms with Gasteiger partial charge >= 0.3 is 5.97 Å². The van der Waals surface area contributed by atoms with Crippen LogP contribution in [0.25, 0.3) is 0 Å². The lowest BCUT2D eigenvalue weighted by molar-refractivity contribution is -0.142. The highest BCUT2D eigenvalue weighted by atomic mass is 79.9. The fourth-order valence-corrected chi connectivity index (χ4v) is 1.84. The van der Waals surface area contributed by atoms with Gasteiger partial charge in [0.1, 0.15) is 0 Å². The van der Waals surface area contributed by atoms with Gasteiger partial charge < -0.3 is 4.74 Å². The number of ether oxygens (including phenoxy) is 1. The standard InChI is InChI=1S/C11H12BrF2NO2/c1-3-17-9(16)4-7-8(11(13)14)5-15-6(2)10(7)12/h5,11H,3-4H2,1-2H3. The molecule has 1 aromatic heterocycles. The number of nitrogens with zero attached hydrogens (tertiary/aromatic N) is 1. The van der Waals surface area contributed by atoms with E-state index in [0.29, 0.717) is 10.2 Å². The molecule has 1 aromatic rings. The second kappa shape index (κ2) is 6.05. The molecule has 0 radical (unpaired) electrons. The average Bonchev–Trinajstić information content (AvgIpc) is 2.25. The fraction of sp³-hybridized carbons (Fsp3) is 0.455. The number of esters is 1. The molecular weight excluding hydrogens is 296 g/mol. The first-order valence-corrected chi connectivity index (χ1v) is 5.84. The highest BCUT2D eigenvalue weighted by Crippen LogP contribution is 2.30. The van der Waals surface area contributed by atoms with Gasteiger partial charge in [0.25, 0.3) is 6.43 Å². The number of hydrogen-bond donors (Lipinski definition) is 0. The lowest BCUT2D eigenvalue weighted by Crippen LogP contribution is -2.11. The van der Waals surface area contributed by atoms with Crippen molar-refractivity contribution in [3.8, 4) is 0 Å². The van der Waals surface area contributed by atoms with Crippen LogP contribution in [0, 0.1) is 6.92 Å². The third-order valence-electron chi connectivity index (χ3n) is 2.19. The van der Waals surface area contributed by atoms with E-state index in [9.17, 15) is 13.6 Å². The smallest absolute Gasteiger partial charge is 0.310 e. The molecule has 0 spiro atoms. The molecule has 0 aromatic carbocycles. The largest absolute Gasteiger partial charge is 0.466 e. The predicted octanol–water partition coefficient (Wildman–Crippen LogP) is 3.20. The highest BCUT2D eigenvalue weighted by molar-refractivity contribution is 9.10. The molecule has 0 saturated carbocycles. The predicted molar refractivity (Wildman–Crippen MR) is 62.0 cm³/mol. The molecule has 0 unspecified atom stereocenters. The van der Waals surface area contributed by atoms with E-state index < -0.39 is 12.4 Å². The summed E-state index contributed by atoms with van der Waals surface area (Å²) in [6.45, 7) is 3.57. The lowest BCUT2D eigenvalue weighted by Gasteiger charge is -2.11. The van der Waals surface area contributed by atoms with Crippen molar-refractivity contribution < 1.29 is 18.3 Å². The second-order valence-corrected chi connectivity index (χ2v) is 4.17. The number of carbonyl (C=O) groups excluding carboxylic acids is 1. The van der Waals surface area contributed by atoms with Crippen molar-refractivity contribution >= 4 is 21.9 Å². The number of alkyl halides is 2. The lowest BCUT2D eigenvalue weighted by atomic mass is 10.1. The monoisotopic (exact) mass is 307 g/mol. The van der Waals surface area contributed by atoms with E-state index in [0.717, 1.165) is 6.20 Å². The molecule has 6 heteroatoms. The number of carbonyl (C=O) groups is 1. The third kappa shape index (κ3) is 3.46. The average molecular weight is 308 g/mol. The van der Waals surface area contributed by atoms with Crippen molar-refractivity contribution in [3.05, 3.63) is 27.5 Å². The van der Waals surface area contributed by atoms with Crippen LogP contribution in [0.5, 0.6) is 0 Å². The summed E-state index contributed by atoms with van der Waals surface area (Å²) in [5, 5.41) is 0. The normalized spacial score (nSPS) is 10.7. The van der Waals surface area contributed by atoms with Crippen LogP contribution in [0.1, 0.15) is 30.2 Å². The van der Waals surface area contributed by atoms with Gasteiger partial charge in [-0.05, 0) is 35.3 Å². The van der Waals surface area contributed by atoms with Crippen LogP contribution < -0.4 is 0 Å². The first-order valence-electron chi connectivity index (χ1n) is 5.05. The Morgan fingerprint density at radius 2 is 2.24 bits per heavy atom. The Kier molecular flexibility index (Phi) is 4.99. The van der Waals surface area contributed by atoms with Gasteiger partial charge in [-0.15, -0.1) is 0 Å². The van der Waals surface area contributed by atoms with Crippen LogP contribution in [0.4, 0.5) is 8.78 Å². The number of halogens is 3. The summed E-state index contributed by atoms with van der Waals surface area (Å²) in [6, 6.07) is 0. The molecule has 0 aliphatic carbocycles. The number of aryl methyl sites for hydroxylation is 1. The molecule has 0 bridgehead atoms. The molecule has 0 atom stereocenters. The second-order valence-electron chi connectivity index (χ2n) is 3.37. The molecule has 0 aliphatic heterocycles. The molecule has 0 saturated heterocycles. The minimum Gasteiger partial charge on any atom is -0.466 e. The van der Waals surface area contributed by atoms with E-state index in [1.807, 2.05) is 0 Å². The Bertz CT molecular complexity index is 424. The SMILES string of the molecule is CCOC(=O)Cc1c(C(F)F)cnc(C)c1Br. The molecule has 17 heavy (non-hydrogen) atoms.